The second-order valence-electron chi connectivity index (χ2n) is 9.01. The van der Waals surface area contributed by atoms with E-state index < -0.39 is 11.8 Å². The Morgan fingerprint density at radius 2 is 1.43 bits per heavy atom. The molecule has 0 bridgehead atoms. The van der Waals surface area contributed by atoms with Gasteiger partial charge >= 0.3 is 11.9 Å². The van der Waals surface area contributed by atoms with E-state index in [9.17, 15) is 14.0 Å². The summed E-state index contributed by atoms with van der Waals surface area (Å²) in [7, 11) is 0. The quantitative estimate of drug-likeness (QED) is 0.159. The van der Waals surface area contributed by atoms with Gasteiger partial charge in [-0.1, -0.05) is 49.6 Å². The summed E-state index contributed by atoms with van der Waals surface area (Å²) in [6.45, 7) is 0. The molecule has 0 unspecified atom stereocenters. The number of ether oxygens (including phenoxy) is 2. The van der Waals surface area contributed by atoms with Crippen molar-refractivity contribution in [1.82, 2.24) is 0 Å². The molecule has 0 heterocycles. The van der Waals surface area contributed by atoms with Crippen LogP contribution in [0.3, 0.4) is 0 Å². The molecule has 3 aromatic carbocycles. The third-order valence-corrected chi connectivity index (χ3v) is 6.24. The molecule has 0 spiro atoms. The number of allylic oxidation sites excluding steroid dienone is 1. The molecule has 0 amide bonds. The maximum atomic E-state index is 14.5. The highest BCUT2D eigenvalue weighted by Gasteiger charge is 2.11. The third kappa shape index (κ3) is 7.37. The van der Waals surface area contributed by atoms with E-state index >= 15 is 0 Å². The van der Waals surface area contributed by atoms with Crippen LogP contribution in [0.15, 0.2) is 66.7 Å². The average Bonchev–Trinajstić information content (AvgIpc) is 3.36. The molecule has 0 N–H and O–H groups in total. The van der Waals surface area contributed by atoms with Crippen molar-refractivity contribution < 1.29 is 23.5 Å². The topological polar surface area (TPSA) is 76.4 Å². The maximum Gasteiger partial charge on any atom is 0.311 e. The molecule has 0 aliphatic heterocycles. The Morgan fingerprint density at radius 1 is 0.811 bits per heavy atom. The number of carbonyl (C=O) groups is 2. The van der Waals surface area contributed by atoms with Crippen molar-refractivity contribution in [3.8, 4) is 28.7 Å². The number of nitriles is 1. The molecule has 188 valence electrons. The summed E-state index contributed by atoms with van der Waals surface area (Å²) in [6.07, 6.45) is 9.66. The molecule has 5 nitrogen and oxygen atoms in total. The number of halogens is 1. The molecular formula is C31H28FNO4. The number of rotatable bonds is 11. The number of unbranched alkanes of at least 4 members (excludes halogenated alkanes) is 4. The molecule has 6 heteroatoms. The number of hydrogen-bond donors (Lipinski definition) is 0. The minimum atomic E-state index is -0.498. The predicted octanol–water partition coefficient (Wildman–Crippen LogP) is 7.18. The highest BCUT2D eigenvalue weighted by Crippen LogP contribution is 2.27. The highest BCUT2D eigenvalue weighted by molar-refractivity contribution is 5.74. The monoisotopic (exact) mass is 497 g/mol. The largest absolute Gasteiger partial charge is 0.427 e. The van der Waals surface area contributed by atoms with Crippen molar-refractivity contribution in [2.45, 2.75) is 51.4 Å². The minimum Gasteiger partial charge on any atom is -0.427 e. The van der Waals surface area contributed by atoms with Gasteiger partial charge in [0.05, 0.1) is 11.6 Å². The lowest BCUT2D eigenvalue weighted by Crippen LogP contribution is -2.08. The maximum absolute atomic E-state index is 14.5. The molecule has 4 rings (SSSR count). The molecule has 0 atom stereocenters. The smallest absolute Gasteiger partial charge is 0.311 e. The Kier molecular flexibility index (Phi) is 8.83. The van der Waals surface area contributed by atoms with Gasteiger partial charge in [-0.25, -0.2) is 4.39 Å². The van der Waals surface area contributed by atoms with E-state index in [4.69, 9.17) is 14.7 Å². The Hall–Kier alpha value is -4.24. The molecule has 1 aliphatic carbocycles. The lowest BCUT2D eigenvalue weighted by molar-refractivity contribution is -0.135. The van der Waals surface area contributed by atoms with Gasteiger partial charge in [-0.3, -0.25) is 9.59 Å². The molecule has 3 aromatic rings. The second-order valence-corrected chi connectivity index (χ2v) is 9.01. The average molecular weight is 498 g/mol. The molecule has 0 fully saturated rings. The van der Waals surface area contributed by atoms with Crippen LogP contribution in [0.4, 0.5) is 4.39 Å². The van der Waals surface area contributed by atoms with E-state index in [1.165, 1.54) is 17.2 Å². The van der Waals surface area contributed by atoms with Crippen molar-refractivity contribution in [3.63, 3.8) is 0 Å². The number of nitrogens with zero attached hydrogens (tertiary/aromatic N) is 1. The van der Waals surface area contributed by atoms with Crippen LogP contribution < -0.4 is 9.47 Å². The Morgan fingerprint density at radius 3 is 2.08 bits per heavy atom. The fourth-order valence-corrected chi connectivity index (χ4v) is 4.25. The molecule has 37 heavy (non-hydrogen) atoms. The van der Waals surface area contributed by atoms with E-state index in [-0.39, 0.29) is 18.1 Å². The van der Waals surface area contributed by atoms with Crippen molar-refractivity contribution in [1.29, 1.82) is 5.26 Å². The number of fused-ring (bicyclic) bond motifs is 1. The van der Waals surface area contributed by atoms with Crippen molar-refractivity contribution in [2.75, 3.05) is 0 Å². The molecule has 1 aliphatic rings. The molecule has 0 saturated carbocycles. The van der Waals surface area contributed by atoms with Gasteiger partial charge in [0.15, 0.2) is 0 Å². The van der Waals surface area contributed by atoms with Crippen LogP contribution >= 0.6 is 0 Å². The first kappa shape index (κ1) is 25.8. The van der Waals surface area contributed by atoms with Crippen LogP contribution in [-0.4, -0.2) is 11.9 Å². The van der Waals surface area contributed by atoms with E-state index in [0.29, 0.717) is 35.3 Å². The summed E-state index contributed by atoms with van der Waals surface area (Å²) in [6, 6.07) is 18.7. The first-order valence-electron chi connectivity index (χ1n) is 12.5. The van der Waals surface area contributed by atoms with Gasteiger partial charge in [0.2, 0.25) is 0 Å². The van der Waals surface area contributed by atoms with E-state index in [2.05, 4.69) is 12.2 Å². The van der Waals surface area contributed by atoms with Crippen molar-refractivity contribution in [3.05, 3.63) is 89.2 Å². The summed E-state index contributed by atoms with van der Waals surface area (Å²) < 4.78 is 25.3. The van der Waals surface area contributed by atoms with Gasteiger partial charge in [0, 0.05) is 24.5 Å². The SMILES string of the molecule is N#Cc1ccc(-c2ccc(OC(=O)CCCCCCCC(=O)Oc3ccc4c(c3)CC=C4)cc2F)cc1. The van der Waals surface area contributed by atoms with Gasteiger partial charge in [0.25, 0.3) is 0 Å². The van der Waals surface area contributed by atoms with Gasteiger partial charge < -0.3 is 9.47 Å². The Labute approximate surface area is 216 Å². The lowest BCUT2D eigenvalue weighted by atomic mass is 10.0. The van der Waals surface area contributed by atoms with Gasteiger partial charge in [0.1, 0.15) is 17.3 Å². The first-order valence-corrected chi connectivity index (χ1v) is 12.5. The molecule has 0 saturated heterocycles. The van der Waals surface area contributed by atoms with Gasteiger partial charge in [-0.15, -0.1) is 0 Å². The third-order valence-electron chi connectivity index (χ3n) is 6.24. The predicted molar refractivity (Wildman–Crippen MR) is 139 cm³/mol. The second kappa shape index (κ2) is 12.6. The Bertz CT molecular complexity index is 1340. The van der Waals surface area contributed by atoms with E-state index in [1.54, 1.807) is 36.4 Å². The number of carbonyl (C=O) groups excluding carboxylic acids is 2. The Balaban J connectivity index is 1.10. The molecular weight excluding hydrogens is 469 g/mol. The van der Waals surface area contributed by atoms with Crippen LogP contribution in [-0.2, 0) is 16.0 Å². The van der Waals surface area contributed by atoms with E-state index in [0.717, 1.165) is 32.1 Å². The number of hydrogen-bond acceptors (Lipinski definition) is 5. The zero-order valence-corrected chi connectivity index (χ0v) is 20.5. The van der Waals surface area contributed by atoms with E-state index in [1.807, 2.05) is 24.3 Å². The summed E-state index contributed by atoms with van der Waals surface area (Å²) in [5.41, 5.74) is 3.87. The standard InChI is InChI=1S/C31H28FNO4/c32-29-20-27(17-18-28(29)24-13-11-22(21-33)12-14-24)37-31(35)10-5-3-1-2-4-9-30(34)36-26-16-15-23-7-6-8-25(23)19-26/h6-7,11-20H,1-5,8-10H2. The van der Waals surface area contributed by atoms with Crippen molar-refractivity contribution in [2.24, 2.45) is 0 Å². The summed E-state index contributed by atoms with van der Waals surface area (Å²) in [5, 5.41) is 8.89. The van der Waals surface area contributed by atoms with Crippen LogP contribution in [0, 0.1) is 17.1 Å². The normalized spacial score (nSPS) is 11.6. The summed E-state index contributed by atoms with van der Waals surface area (Å²) in [4.78, 5) is 24.2. The number of esters is 2. The summed E-state index contributed by atoms with van der Waals surface area (Å²) >= 11 is 0. The molecule has 0 aromatic heterocycles. The van der Waals surface area contributed by atoms with Crippen LogP contribution in [0.2, 0.25) is 0 Å². The van der Waals surface area contributed by atoms with Gasteiger partial charge in [-0.2, -0.15) is 5.26 Å². The molecule has 0 radical (unpaired) electrons. The van der Waals surface area contributed by atoms with Crippen LogP contribution in [0.25, 0.3) is 17.2 Å². The first-order chi connectivity index (χ1) is 18.0. The number of benzene rings is 3. The fourth-order valence-electron chi connectivity index (χ4n) is 4.25. The highest BCUT2D eigenvalue weighted by atomic mass is 19.1. The van der Waals surface area contributed by atoms with Crippen molar-refractivity contribution >= 4 is 18.0 Å². The zero-order valence-electron chi connectivity index (χ0n) is 20.5. The fraction of sp³-hybridized carbons (Fsp3) is 0.258. The zero-order chi connectivity index (χ0) is 26.0. The van der Waals surface area contributed by atoms with Crippen LogP contribution in [0.1, 0.15) is 61.6 Å². The van der Waals surface area contributed by atoms with Crippen LogP contribution in [0.5, 0.6) is 11.5 Å². The minimum absolute atomic E-state index is 0.165. The van der Waals surface area contributed by atoms with Gasteiger partial charge in [-0.05, 0) is 72.4 Å². The summed E-state index contributed by atoms with van der Waals surface area (Å²) in [5.74, 6) is -0.375. The lowest BCUT2D eigenvalue weighted by Gasteiger charge is -2.08.